The fourth-order valence-electron chi connectivity index (χ4n) is 1.86. The maximum atomic E-state index is 10.8. The highest BCUT2D eigenvalue weighted by atomic mass is 79.9. The van der Waals surface area contributed by atoms with Crippen LogP contribution in [0.1, 0.15) is 18.5 Å². The topological polar surface area (TPSA) is 72.9 Å². The molecule has 1 heterocycles. The second-order valence-electron chi connectivity index (χ2n) is 4.42. The van der Waals surface area contributed by atoms with E-state index in [0.717, 1.165) is 20.2 Å². The van der Waals surface area contributed by atoms with Crippen molar-refractivity contribution >= 4 is 43.5 Å². The predicted molar refractivity (Wildman–Crippen MR) is 85.3 cm³/mol. The molecule has 1 aromatic carbocycles. The Morgan fingerprint density at radius 2 is 2.25 bits per heavy atom. The van der Waals surface area contributed by atoms with Crippen LogP contribution >= 0.6 is 31.9 Å². The monoisotopic (exact) mass is 400 g/mol. The van der Waals surface area contributed by atoms with Crippen molar-refractivity contribution in [2.75, 3.05) is 5.32 Å². The molecule has 106 valence electrons. The van der Waals surface area contributed by atoms with E-state index in [4.69, 9.17) is 5.73 Å². The van der Waals surface area contributed by atoms with Crippen LogP contribution in [0.15, 0.2) is 39.5 Å². The minimum atomic E-state index is -0.414. The van der Waals surface area contributed by atoms with E-state index in [2.05, 4.69) is 49.2 Å². The lowest BCUT2D eigenvalue weighted by Gasteiger charge is -2.16. The lowest BCUT2D eigenvalue weighted by Crippen LogP contribution is -2.18. The van der Waals surface area contributed by atoms with E-state index in [1.54, 1.807) is 12.4 Å². The minimum absolute atomic E-state index is 0.0814. The Kier molecular flexibility index (Phi) is 4.82. The standard InChI is InChI=1S/C13H14Br2N4O/c1-8(11-3-2-9(14)4-12(11)15)18-10-5-17-19(6-10)7-13(16)20/h2-6,8,18H,7H2,1H3,(H2,16,20). The Morgan fingerprint density at radius 3 is 2.90 bits per heavy atom. The van der Waals surface area contributed by atoms with Crippen LogP contribution in [0.25, 0.3) is 0 Å². The van der Waals surface area contributed by atoms with Gasteiger partial charge in [0, 0.05) is 21.2 Å². The van der Waals surface area contributed by atoms with Gasteiger partial charge in [0.1, 0.15) is 6.54 Å². The third kappa shape index (κ3) is 3.83. The summed E-state index contributed by atoms with van der Waals surface area (Å²) in [5.41, 5.74) is 7.11. The van der Waals surface area contributed by atoms with E-state index < -0.39 is 5.91 Å². The second kappa shape index (κ2) is 6.41. The van der Waals surface area contributed by atoms with Gasteiger partial charge < -0.3 is 11.1 Å². The first-order valence-electron chi connectivity index (χ1n) is 5.98. The first kappa shape index (κ1) is 15.1. The zero-order valence-electron chi connectivity index (χ0n) is 10.8. The molecular weight excluding hydrogens is 388 g/mol. The van der Waals surface area contributed by atoms with Crippen molar-refractivity contribution in [3.63, 3.8) is 0 Å². The van der Waals surface area contributed by atoms with Gasteiger partial charge in [0.05, 0.1) is 11.9 Å². The van der Waals surface area contributed by atoms with Gasteiger partial charge in [0.25, 0.3) is 0 Å². The molecule has 0 bridgehead atoms. The highest BCUT2D eigenvalue weighted by Gasteiger charge is 2.11. The number of nitrogens with two attached hydrogens (primary N) is 1. The van der Waals surface area contributed by atoms with Crippen molar-refractivity contribution in [2.24, 2.45) is 5.73 Å². The molecule has 1 atom stereocenters. The number of hydrogen-bond acceptors (Lipinski definition) is 3. The van der Waals surface area contributed by atoms with Crippen molar-refractivity contribution in [1.82, 2.24) is 9.78 Å². The summed E-state index contributed by atoms with van der Waals surface area (Å²) in [6.07, 6.45) is 3.43. The van der Waals surface area contributed by atoms with E-state index in [1.807, 2.05) is 18.2 Å². The number of nitrogens with zero attached hydrogens (tertiary/aromatic N) is 2. The average Bonchev–Trinajstić information content (AvgIpc) is 2.75. The first-order chi connectivity index (χ1) is 9.45. The molecule has 0 aliphatic carbocycles. The number of carbonyl (C=O) groups excluding carboxylic acids is 1. The zero-order chi connectivity index (χ0) is 14.7. The molecule has 2 rings (SSSR count). The van der Waals surface area contributed by atoms with Gasteiger partial charge in [-0.1, -0.05) is 37.9 Å². The number of rotatable bonds is 5. The molecule has 0 aliphatic rings. The largest absolute Gasteiger partial charge is 0.376 e. The molecule has 0 saturated heterocycles. The molecule has 0 fully saturated rings. The van der Waals surface area contributed by atoms with Crippen molar-refractivity contribution in [3.8, 4) is 0 Å². The van der Waals surface area contributed by atoms with Crippen LogP contribution < -0.4 is 11.1 Å². The summed E-state index contributed by atoms with van der Waals surface area (Å²) in [5.74, 6) is -0.414. The number of aromatic nitrogens is 2. The maximum absolute atomic E-state index is 10.8. The number of halogens is 2. The predicted octanol–water partition coefficient (Wildman–Crippen LogP) is 3.07. The summed E-state index contributed by atoms with van der Waals surface area (Å²) in [5, 5.41) is 7.41. The molecule has 0 radical (unpaired) electrons. The molecule has 0 saturated carbocycles. The van der Waals surface area contributed by atoms with Crippen LogP contribution in [-0.2, 0) is 11.3 Å². The summed E-state index contributed by atoms with van der Waals surface area (Å²) in [6, 6.07) is 6.14. The van der Waals surface area contributed by atoms with E-state index in [1.165, 1.54) is 4.68 Å². The fourth-order valence-corrected chi connectivity index (χ4v) is 3.26. The maximum Gasteiger partial charge on any atom is 0.239 e. The third-order valence-corrected chi connectivity index (χ3v) is 3.94. The van der Waals surface area contributed by atoms with Gasteiger partial charge in [-0.15, -0.1) is 0 Å². The normalized spacial score (nSPS) is 12.2. The highest BCUT2D eigenvalue weighted by Crippen LogP contribution is 2.28. The van der Waals surface area contributed by atoms with Gasteiger partial charge >= 0.3 is 0 Å². The van der Waals surface area contributed by atoms with Gasteiger partial charge in [-0.05, 0) is 24.6 Å². The summed E-state index contributed by atoms with van der Waals surface area (Å²) >= 11 is 6.98. The first-order valence-corrected chi connectivity index (χ1v) is 7.56. The number of amides is 1. The van der Waals surface area contributed by atoms with Crippen LogP contribution in [0.5, 0.6) is 0 Å². The molecule has 7 heteroatoms. The van der Waals surface area contributed by atoms with Gasteiger partial charge in [0.2, 0.25) is 5.91 Å². The summed E-state index contributed by atoms with van der Waals surface area (Å²) in [4.78, 5) is 10.8. The Labute approximate surface area is 133 Å². The quantitative estimate of drug-likeness (QED) is 0.808. The number of nitrogens with one attached hydrogen (secondary N) is 1. The van der Waals surface area contributed by atoms with Crippen molar-refractivity contribution in [2.45, 2.75) is 19.5 Å². The van der Waals surface area contributed by atoms with E-state index in [9.17, 15) is 4.79 Å². The fraction of sp³-hybridized carbons (Fsp3) is 0.231. The molecule has 0 aliphatic heterocycles. The van der Waals surface area contributed by atoms with Crippen LogP contribution in [0.2, 0.25) is 0 Å². The Hall–Kier alpha value is -1.34. The molecule has 5 nitrogen and oxygen atoms in total. The van der Waals surface area contributed by atoms with E-state index >= 15 is 0 Å². The molecule has 1 unspecified atom stereocenters. The Balaban J connectivity index is 2.09. The average molecular weight is 402 g/mol. The molecule has 3 N–H and O–H groups in total. The smallest absolute Gasteiger partial charge is 0.239 e. The van der Waals surface area contributed by atoms with Crippen LogP contribution in [0.4, 0.5) is 5.69 Å². The Morgan fingerprint density at radius 1 is 1.50 bits per heavy atom. The van der Waals surface area contributed by atoms with Gasteiger partial charge in [-0.3, -0.25) is 9.48 Å². The number of primary amides is 1. The third-order valence-electron chi connectivity index (χ3n) is 2.76. The SMILES string of the molecule is CC(Nc1cnn(CC(N)=O)c1)c1ccc(Br)cc1Br. The van der Waals surface area contributed by atoms with Crippen LogP contribution in [0, 0.1) is 0 Å². The van der Waals surface area contributed by atoms with Crippen LogP contribution in [-0.4, -0.2) is 15.7 Å². The molecule has 2 aromatic rings. The lowest BCUT2D eigenvalue weighted by atomic mass is 10.1. The number of benzene rings is 1. The highest BCUT2D eigenvalue weighted by molar-refractivity contribution is 9.11. The van der Waals surface area contributed by atoms with Crippen LogP contribution in [0.3, 0.4) is 0 Å². The minimum Gasteiger partial charge on any atom is -0.376 e. The molecule has 0 spiro atoms. The lowest BCUT2D eigenvalue weighted by molar-refractivity contribution is -0.118. The number of hydrogen-bond donors (Lipinski definition) is 2. The molecule has 1 amide bonds. The Bertz CT molecular complexity index is 627. The van der Waals surface area contributed by atoms with Crippen molar-refractivity contribution in [3.05, 3.63) is 45.1 Å². The summed E-state index contributed by atoms with van der Waals surface area (Å²) < 4.78 is 3.56. The second-order valence-corrected chi connectivity index (χ2v) is 6.19. The van der Waals surface area contributed by atoms with E-state index in [-0.39, 0.29) is 12.6 Å². The molecule has 1 aromatic heterocycles. The van der Waals surface area contributed by atoms with Crippen molar-refractivity contribution in [1.29, 1.82) is 0 Å². The molecule has 20 heavy (non-hydrogen) atoms. The summed E-state index contributed by atoms with van der Waals surface area (Å²) in [6.45, 7) is 2.14. The van der Waals surface area contributed by atoms with Gasteiger partial charge in [-0.25, -0.2) is 0 Å². The van der Waals surface area contributed by atoms with Crippen molar-refractivity contribution < 1.29 is 4.79 Å². The van der Waals surface area contributed by atoms with Gasteiger partial charge in [0.15, 0.2) is 0 Å². The van der Waals surface area contributed by atoms with Gasteiger partial charge in [-0.2, -0.15) is 5.10 Å². The summed E-state index contributed by atoms with van der Waals surface area (Å²) in [7, 11) is 0. The number of anilines is 1. The number of carbonyl (C=O) groups is 1. The van der Waals surface area contributed by atoms with E-state index in [0.29, 0.717) is 0 Å². The molecular formula is C13H14Br2N4O. The zero-order valence-corrected chi connectivity index (χ0v) is 14.0.